The summed E-state index contributed by atoms with van der Waals surface area (Å²) < 4.78 is 11.2. The van der Waals surface area contributed by atoms with E-state index in [-0.39, 0.29) is 11.9 Å². The lowest BCUT2D eigenvalue weighted by molar-refractivity contribution is 0.0606. The number of aryl methyl sites for hydroxylation is 1. The van der Waals surface area contributed by atoms with E-state index >= 15 is 0 Å². The molecule has 3 heterocycles. The van der Waals surface area contributed by atoms with Gasteiger partial charge in [0.1, 0.15) is 5.52 Å². The zero-order chi connectivity index (χ0) is 20.5. The maximum atomic E-state index is 13.6. The van der Waals surface area contributed by atoms with Crippen LogP contribution in [0.1, 0.15) is 41.3 Å². The molecule has 1 aliphatic heterocycles. The third-order valence-electron chi connectivity index (χ3n) is 5.55. The SMILES string of the molecule is Cc1noc(-c2ccccc2C(=O)N2CCCCC2Cc2nc3ccccc3o2)n1. The van der Waals surface area contributed by atoms with Crippen LogP contribution in [0.4, 0.5) is 0 Å². The third kappa shape index (κ3) is 3.47. The van der Waals surface area contributed by atoms with Gasteiger partial charge < -0.3 is 13.8 Å². The van der Waals surface area contributed by atoms with Gasteiger partial charge in [-0.2, -0.15) is 4.98 Å². The zero-order valence-electron chi connectivity index (χ0n) is 16.7. The Labute approximate surface area is 173 Å². The molecule has 0 radical (unpaired) electrons. The van der Waals surface area contributed by atoms with Crippen LogP contribution in [0, 0.1) is 6.92 Å². The molecule has 4 aromatic rings. The average Bonchev–Trinajstić information content (AvgIpc) is 3.39. The van der Waals surface area contributed by atoms with E-state index in [0.717, 1.165) is 30.4 Å². The van der Waals surface area contributed by atoms with Crippen molar-refractivity contribution in [3.8, 4) is 11.5 Å². The van der Waals surface area contributed by atoms with E-state index in [1.54, 1.807) is 6.92 Å². The van der Waals surface area contributed by atoms with E-state index in [0.29, 0.717) is 41.7 Å². The van der Waals surface area contributed by atoms with E-state index in [9.17, 15) is 4.79 Å². The minimum Gasteiger partial charge on any atom is -0.441 e. The van der Waals surface area contributed by atoms with Crippen LogP contribution in [0.5, 0.6) is 0 Å². The standard InChI is InChI=1S/C23H22N4O3/c1-15-24-22(30-26-15)17-9-2-3-10-18(17)23(28)27-13-7-6-8-16(27)14-21-25-19-11-4-5-12-20(19)29-21/h2-5,9-12,16H,6-8,13-14H2,1H3. The van der Waals surface area contributed by atoms with Crippen molar-refractivity contribution in [3.63, 3.8) is 0 Å². The molecule has 0 saturated carbocycles. The minimum absolute atomic E-state index is 0.0257. The van der Waals surface area contributed by atoms with E-state index in [2.05, 4.69) is 15.1 Å². The van der Waals surface area contributed by atoms with Gasteiger partial charge in [0.2, 0.25) is 0 Å². The molecule has 0 bridgehead atoms. The predicted octanol–water partition coefficient (Wildman–Crippen LogP) is 4.42. The van der Waals surface area contributed by atoms with Crippen molar-refractivity contribution in [1.82, 2.24) is 20.0 Å². The molecule has 0 aliphatic carbocycles. The number of benzene rings is 2. The number of piperidine rings is 1. The van der Waals surface area contributed by atoms with Crippen LogP contribution >= 0.6 is 0 Å². The Balaban J connectivity index is 1.44. The molecule has 0 spiro atoms. The van der Waals surface area contributed by atoms with Gasteiger partial charge in [-0.05, 0) is 50.5 Å². The number of rotatable bonds is 4. The van der Waals surface area contributed by atoms with Gasteiger partial charge in [-0.25, -0.2) is 4.98 Å². The summed E-state index contributed by atoms with van der Waals surface area (Å²) in [5.41, 5.74) is 2.86. The monoisotopic (exact) mass is 402 g/mol. The van der Waals surface area contributed by atoms with Gasteiger partial charge in [0.05, 0.1) is 11.1 Å². The molecule has 1 amide bonds. The summed E-state index contributed by atoms with van der Waals surface area (Å²) in [6.07, 6.45) is 3.59. The molecule has 1 saturated heterocycles. The zero-order valence-corrected chi connectivity index (χ0v) is 16.7. The topological polar surface area (TPSA) is 85.3 Å². The highest BCUT2D eigenvalue weighted by molar-refractivity contribution is 6.00. The van der Waals surface area contributed by atoms with Crippen LogP contribution in [0.2, 0.25) is 0 Å². The second-order valence-corrected chi connectivity index (χ2v) is 7.62. The summed E-state index contributed by atoms with van der Waals surface area (Å²) in [6, 6.07) is 15.2. The molecule has 2 aromatic heterocycles. The summed E-state index contributed by atoms with van der Waals surface area (Å²) in [5, 5.41) is 3.87. The summed E-state index contributed by atoms with van der Waals surface area (Å²) >= 11 is 0. The summed E-state index contributed by atoms with van der Waals surface area (Å²) in [7, 11) is 0. The minimum atomic E-state index is -0.0257. The number of amides is 1. The van der Waals surface area contributed by atoms with Gasteiger partial charge in [0, 0.05) is 19.0 Å². The first-order valence-electron chi connectivity index (χ1n) is 10.2. The van der Waals surface area contributed by atoms with Gasteiger partial charge in [0.15, 0.2) is 17.3 Å². The third-order valence-corrected chi connectivity index (χ3v) is 5.55. The van der Waals surface area contributed by atoms with E-state index in [1.165, 1.54) is 0 Å². The van der Waals surface area contributed by atoms with E-state index in [1.807, 2.05) is 53.4 Å². The maximum Gasteiger partial charge on any atom is 0.258 e. The molecular formula is C23H22N4O3. The Hall–Kier alpha value is -3.48. The molecule has 1 fully saturated rings. The van der Waals surface area contributed by atoms with Gasteiger partial charge in [-0.1, -0.05) is 29.4 Å². The van der Waals surface area contributed by atoms with Crippen molar-refractivity contribution in [1.29, 1.82) is 0 Å². The van der Waals surface area contributed by atoms with Crippen molar-refractivity contribution in [2.45, 2.75) is 38.6 Å². The van der Waals surface area contributed by atoms with Crippen molar-refractivity contribution < 1.29 is 13.7 Å². The maximum absolute atomic E-state index is 13.6. The summed E-state index contributed by atoms with van der Waals surface area (Å²) in [6.45, 7) is 2.47. The Kier molecular flexibility index (Phi) is 4.78. The number of oxazole rings is 1. The average molecular weight is 402 g/mol. The molecule has 30 heavy (non-hydrogen) atoms. The molecule has 7 nitrogen and oxygen atoms in total. The highest BCUT2D eigenvalue weighted by Gasteiger charge is 2.31. The lowest BCUT2D eigenvalue weighted by Crippen LogP contribution is -2.45. The van der Waals surface area contributed by atoms with Crippen LogP contribution < -0.4 is 0 Å². The van der Waals surface area contributed by atoms with Crippen molar-refractivity contribution >= 4 is 17.0 Å². The number of carbonyl (C=O) groups is 1. The van der Waals surface area contributed by atoms with E-state index in [4.69, 9.17) is 8.94 Å². The molecule has 1 atom stereocenters. The first kappa shape index (κ1) is 18.5. The number of hydrogen-bond acceptors (Lipinski definition) is 6. The fourth-order valence-corrected chi connectivity index (χ4v) is 4.11. The molecule has 2 aromatic carbocycles. The molecular weight excluding hydrogens is 380 g/mol. The van der Waals surface area contributed by atoms with Gasteiger partial charge >= 0.3 is 0 Å². The first-order valence-corrected chi connectivity index (χ1v) is 10.2. The number of carbonyl (C=O) groups excluding carboxylic acids is 1. The number of hydrogen-bond donors (Lipinski definition) is 0. The normalized spacial score (nSPS) is 16.8. The van der Waals surface area contributed by atoms with Crippen LogP contribution in [-0.4, -0.2) is 38.5 Å². The molecule has 1 aliphatic rings. The second-order valence-electron chi connectivity index (χ2n) is 7.62. The smallest absolute Gasteiger partial charge is 0.258 e. The lowest BCUT2D eigenvalue weighted by Gasteiger charge is -2.35. The van der Waals surface area contributed by atoms with Gasteiger partial charge in [0.25, 0.3) is 11.8 Å². The lowest BCUT2D eigenvalue weighted by atomic mass is 9.97. The first-order chi connectivity index (χ1) is 14.7. The van der Waals surface area contributed by atoms with Crippen molar-refractivity contribution in [2.24, 2.45) is 0 Å². The quantitative estimate of drug-likeness (QED) is 0.502. The molecule has 5 rings (SSSR count). The fraction of sp³-hybridized carbons (Fsp3) is 0.304. The number of para-hydroxylation sites is 2. The number of aromatic nitrogens is 3. The summed E-state index contributed by atoms with van der Waals surface area (Å²) in [4.78, 5) is 24.4. The molecule has 152 valence electrons. The van der Waals surface area contributed by atoms with E-state index < -0.39 is 0 Å². The van der Waals surface area contributed by atoms with Crippen molar-refractivity contribution in [2.75, 3.05) is 6.54 Å². The van der Waals surface area contributed by atoms with Gasteiger partial charge in [-0.3, -0.25) is 4.79 Å². The van der Waals surface area contributed by atoms with Gasteiger partial charge in [-0.15, -0.1) is 0 Å². The molecule has 7 heteroatoms. The Bertz CT molecular complexity index is 1160. The second kappa shape index (κ2) is 7.74. The fourth-order valence-electron chi connectivity index (χ4n) is 4.11. The Morgan fingerprint density at radius 2 is 1.93 bits per heavy atom. The summed E-state index contributed by atoms with van der Waals surface area (Å²) in [5.74, 6) is 1.55. The van der Waals surface area contributed by atoms with Crippen LogP contribution in [0.3, 0.4) is 0 Å². The number of fused-ring (bicyclic) bond motifs is 1. The van der Waals surface area contributed by atoms with Crippen LogP contribution in [0.15, 0.2) is 57.5 Å². The largest absolute Gasteiger partial charge is 0.441 e. The molecule has 1 unspecified atom stereocenters. The predicted molar refractivity (Wildman–Crippen MR) is 111 cm³/mol. The Morgan fingerprint density at radius 1 is 1.10 bits per heavy atom. The number of likely N-dealkylation sites (tertiary alicyclic amines) is 1. The highest BCUT2D eigenvalue weighted by Crippen LogP contribution is 2.28. The van der Waals surface area contributed by atoms with Crippen molar-refractivity contribution in [3.05, 3.63) is 65.8 Å². The number of nitrogens with zero attached hydrogens (tertiary/aromatic N) is 4. The molecule has 0 N–H and O–H groups in total. The highest BCUT2D eigenvalue weighted by atomic mass is 16.5. The van der Waals surface area contributed by atoms with Crippen LogP contribution in [-0.2, 0) is 6.42 Å². The Morgan fingerprint density at radius 3 is 2.77 bits per heavy atom. The van der Waals surface area contributed by atoms with Crippen LogP contribution in [0.25, 0.3) is 22.6 Å².